The van der Waals surface area contributed by atoms with E-state index in [-0.39, 0.29) is 11.4 Å². The molecule has 1 unspecified atom stereocenters. The highest BCUT2D eigenvalue weighted by Gasteiger charge is 2.40. The number of anilines is 1. The maximum atomic E-state index is 13.8. The Labute approximate surface area is 124 Å². The minimum atomic E-state index is -0.120. The third kappa shape index (κ3) is 2.54. The van der Waals surface area contributed by atoms with E-state index in [0.717, 1.165) is 44.2 Å². The highest BCUT2D eigenvalue weighted by molar-refractivity contribution is 7.99. The molecule has 1 aromatic rings. The molecule has 2 N–H and O–H groups in total. The van der Waals surface area contributed by atoms with Gasteiger partial charge in [-0.25, -0.2) is 4.39 Å². The largest absolute Gasteiger partial charge is 0.367 e. The monoisotopic (exact) mass is 295 g/mol. The maximum Gasteiger partial charge on any atom is 0.146 e. The second kappa shape index (κ2) is 5.92. The smallest absolute Gasteiger partial charge is 0.146 e. The fourth-order valence-corrected chi connectivity index (χ4v) is 4.76. The molecular weight excluding hydrogens is 273 g/mol. The highest BCUT2D eigenvalue weighted by Crippen LogP contribution is 2.34. The van der Waals surface area contributed by atoms with Crippen molar-refractivity contribution >= 4 is 17.4 Å². The Bertz CT molecular complexity index is 454. The van der Waals surface area contributed by atoms with Crippen molar-refractivity contribution in [1.82, 2.24) is 4.90 Å². The fourth-order valence-electron chi connectivity index (χ4n) is 3.27. The van der Waals surface area contributed by atoms with E-state index in [9.17, 15) is 4.39 Å². The van der Waals surface area contributed by atoms with Crippen molar-refractivity contribution in [1.29, 1.82) is 0 Å². The molecule has 0 amide bonds. The van der Waals surface area contributed by atoms with E-state index in [0.29, 0.717) is 0 Å². The number of hydrogen-bond acceptors (Lipinski definition) is 4. The Morgan fingerprint density at radius 3 is 2.55 bits per heavy atom. The van der Waals surface area contributed by atoms with Gasteiger partial charge in [-0.1, -0.05) is 12.1 Å². The fraction of sp³-hybridized carbons (Fsp3) is 0.600. The molecule has 2 saturated heterocycles. The molecule has 0 aliphatic carbocycles. The molecule has 3 nitrogen and oxygen atoms in total. The van der Waals surface area contributed by atoms with Gasteiger partial charge in [-0.15, -0.1) is 0 Å². The number of piperazine rings is 1. The summed E-state index contributed by atoms with van der Waals surface area (Å²) in [6, 6.07) is 7.06. The Kier molecular flexibility index (Phi) is 4.19. The van der Waals surface area contributed by atoms with E-state index in [2.05, 4.69) is 9.80 Å². The minimum absolute atomic E-state index is 0.120. The van der Waals surface area contributed by atoms with Crippen molar-refractivity contribution in [3.05, 3.63) is 30.1 Å². The van der Waals surface area contributed by atoms with Crippen LogP contribution in [0.15, 0.2) is 24.3 Å². The lowest BCUT2D eigenvalue weighted by Gasteiger charge is -2.45. The molecule has 2 aliphatic heterocycles. The van der Waals surface area contributed by atoms with Gasteiger partial charge in [-0.3, -0.25) is 4.90 Å². The summed E-state index contributed by atoms with van der Waals surface area (Å²) in [6.07, 6.45) is 1.19. The lowest BCUT2D eigenvalue weighted by Crippen LogP contribution is -2.60. The van der Waals surface area contributed by atoms with Crippen molar-refractivity contribution in [2.24, 2.45) is 5.73 Å². The third-order valence-corrected chi connectivity index (χ3v) is 5.84. The quantitative estimate of drug-likeness (QED) is 0.921. The predicted octanol–water partition coefficient (Wildman–Crippen LogP) is 1.78. The summed E-state index contributed by atoms with van der Waals surface area (Å²) in [5.41, 5.74) is 6.96. The first-order chi connectivity index (χ1) is 9.75. The Morgan fingerprint density at radius 2 is 1.95 bits per heavy atom. The second-order valence-electron chi connectivity index (χ2n) is 5.66. The molecule has 110 valence electrons. The number of nitrogens with two attached hydrogens (primary N) is 1. The minimum Gasteiger partial charge on any atom is -0.367 e. The van der Waals surface area contributed by atoms with E-state index >= 15 is 0 Å². The number of hydrogen-bond donors (Lipinski definition) is 1. The summed E-state index contributed by atoms with van der Waals surface area (Å²) < 4.78 is 13.8. The molecule has 2 heterocycles. The molecule has 1 atom stereocenters. The van der Waals surface area contributed by atoms with Crippen molar-refractivity contribution in [2.75, 3.05) is 49.1 Å². The van der Waals surface area contributed by atoms with Gasteiger partial charge in [0.05, 0.1) is 5.69 Å². The first-order valence-corrected chi connectivity index (χ1v) is 8.43. The normalized spacial score (nSPS) is 28.0. The van der Waals surface area contributed by atoms with E-state index in [4.69, 9.17) is 5.73 Å². The van der Waals surface area contributed by atoms with Gasteiger partial charge in [0, 0.05) is 44.0 Å². The number of thioether (sulfide) groups is 1. The van der Waals surface area contributed by atoms with Crippen LogP contribution in [0.25, 0.3) is 0 Å². The van der Waals surface area contributed by atoms with Gasteiger partial charge < -0.3 is 10.6 Å². The van der Waals surface area contributed by atoms with Crippen LogP contribution in [0, 0.1) is 5.82 Å². The molecule has 0 saturated carbocycles. The van der Waals surface area contributed by atoms with E-state index in [1.165, 1.54) is 18.2 Å². The first kappa shape index (κ1) is 14.2. The predicted molar refractivity (Wildman–Crippen MR) is 83.9 cm³/mol. The summed E-state index contributed by atoms with van der Waals surface area (Å²) in [5, 5.41) is 0. The summed E-state index contributed by atoms with van der Waals surface area (Å²) in [5.74, 6) is 2.24. The summed E-state index contributed by atoms with van der Waals surface area (Å²) in [7, 11) is 0. The molecule has 2 aliphatic rings. The zero-order valence-electron chi connectivity index (χ0n) is 11.7. The lowest BCUT2D eigenvalue weighted by atomic mass is 9.95. The van der Waals surface area contributed by atoms with Crippen molar-refractivity contribution in [3.8, 4) is 0 Å². The van der Waals surface area contributed by atoms with Crippen LogP contribution in [-0.2, 0) is 0 Å². The number of rotatable bonds is 3. The van der Waals surface area contributed by atoms with Crippen molar-refractivity contribution in [2.45, 2.75) is 12.0 Å². The molecule has 0 spiro atoms. The van der Waals surface area contributed by atoms with Gasteiger partial charge in [0.15, 0.2) is 0 Å². The average molecular weight is 295 g/mol. The van der Waals surface area contributed by atoms with Gasteiger partial charge >= 0.3 is 0 Å². The van der Waals surface area contributed by atoms with E-state index in [1.54, 1.807) is 6.07 Å². The van der Waals surface area contributed by atoms with Crippen molar-refractivity contribution in [3.63, 3.8) is 0 Å². The number of nitrogens with zero attached hydrogens (tertiary/aromatic N) is 2. The van der Waals surface area contributed by atoms with Gasteiger partial charge in [0.25, 0.3) is 0 Å². The molecule has 1 aromatic carbocycles. The van der Waals surface area contributed by atoms with E-state index in [1.807, 2.05) is 23.9 Å². The summed E-state index contributed by atoms with van der Waals surface area (Å²) in [4.78, 5) is 4.68. The van der Waals surface area contributed by atoms with Gasteiger partial charge in [-0.2, -0.15) is 11.8 Å². The van der Waals surface area contributed by atoms with Crippen molar-refractivity contribution < 1.29 is 4.39 Å². The van der Waals surface area contributed by atoms with Gasteiger partial charge in [0.1, 0.15) is 5.82 Å². The Morgan fingerprint density at radius 1 is 1.20 bits per heavy atom. The molecule has 0 bridgehead atoms. The van der Waals surface area contributed by atoms with E-state index < -0.39 is 0 Å². The van der Waals surface area contributed by atoms with Crippen LogP contribution in [0.3, 0.4) is 0 Å². The molecular formula is C15H22FN3S. The first-order valence-electron chi connectivity index (χ1n) is 7.27. The van der Waals surface area contributed by atoms with Crippen LogP contribution in [0.1, 0.15) is 6.42 Å². The molecule has 0 aromatic heterocycles. The Balaban J connectivity index is 1.66. The molecule has 0 radical (unpaired) electrons. The zero-order chi connectivity index (χ0) is 14.0. The average Bonchev–Trinajstić information content (AvgIpc) is 2.98. The second-order valence-corrected chi connectivity index (χ2v) is 6.76. The molecule has 3 rings (SSSR count). The van der Waals surface area contributed by atoms with Gasteiger partial charge in [0.2, 0.25) is 0 Å². The Hall–Kier alpha value is -0.780. The molecule has 5 heteroatoms. The van der Waals surface area contributed by atoms with Crippen LogP contribution in [0.2, 0.25) is 0 Å². The SMILES string of the molecule is NCC1(N2CCN(c3ccccc3F)CC2)CCSC1. The van der Waals surface area contributed by atoms with Crippen LogP contribution in [0.5, 0.6) is 0 Å². The summed E-state index contributed by atoms with van der Waals surface area (Å²) in [6.45, 7) is 4.46. The topological polar surface area (TPSA) is 32.5 Å². The highest BCUT2D eigenvalue weighted by atomic mass is 32.2. The standard InChI is InChI=1S/C15H22FN3S/c16-13-3-1-2-4-14(13)18-6-8-19(9-7-18)15(11-17)5-10-20-12-15/h1-4H,5-12,17H2. The molecule has 2 fully saturated rings. The number of benzene rings is 1. The van der Waals surface area contributed by atoms with Crippen LogP contribution >= 0.6 is 11.8 Å². The molecule has 20 heavy (non-hydrogen) atoms. The lowest BCUT2D eigenvalue weighted by molar-refractivity contribution is 0.109. The van der Waals surface area contributed by atoms with Gasteiger partial charge in [-0.05, 0) is 24.3 Å². The zero-order valence-corrected chi connectivity index (χ0v) is 12.5. The maximum absolute atomic E-state index is 13.8. The van der Waals surface area contributed by atoms with Crippen LogP contribution in [0.4, 0.5) is 10.1 Å². The number of halogens is 1. The number of para-hydroxylation sites is 1. The van der Waals surface area contributed by atoms with Crippen LogP contribution in [-0.4, -0.2) is 54.7 Å². The third-order valence-electron chi connectivity index (χ3n) is 4.61. The van der Waals surface area contributed by atoms with Crippen LogP contribution < -0.4 is 10.6 Å². The summed E-state index contributed by atoms with van der Waals surface area (Å²) >= 11 is 2.00.